The minimum absolute atomic E-state index is 0.186. The van der Waals surface area contributed by atoms with E-state index >= 15 is 0 Å². The zero-order valence-corrected chi connectivity index (χ0v) is 20.2. The highest BCUT2D eigenvalue weighted by molar-refractivity contribution is 7.15. The van der Waals surface area contributed by atoms with Gasteiger partial charge in [0.2, 0.25) is 4.96 Å². The van der Waals surface area contributed by atoms with E-state index in [4.69, 9.17) is 9.47 Å². The number of rotatable bonds is 9. The first-order chi connectivity index (χ1) is 17.2. The summed E-state index contributed by atoms with van der Waals surface area (Å²) in [5.41, 5.74) is 1.53. The summed E-state index contributed by atoms with van der Waals surface area (Å²) in [7, 11) is 0. The molecule has 7 heteroatoms. The molecule has 0 atom stereocenters. The van der Waals surface area contributed by atoms with Crippen molar-refractivity contribution in [1.29, 1.82) is 0 Å². The zero-order chi connectivity index (χ0) is 24.0. The number of hydrogen-bond acceptors (Lipinski definition) is 6. The second-order valence-electron chi connectivity index (χ2n) is 8.11. The molecule has 0 radical (unpaired) electrons. The lowest BCUT2D eigenvalue weighted by molar-refractivity contribution is 0.306. The summed E-state index contributed by atoms with van der Waals surface area (Å²) in [5, 5.41) is 4.45. The van der Waals surface area contributed by atoms with Crippen LogP contribution in [0.1, 0.15) is 31.7 Å². The van der Waals surface area contributed by atoms with Crippen LogP contribution in [0.5, 0.6) is 17.2 Å². The Morgan fingerprint density at radius 2 is 1.71 bits per heavy atom. The maximum absolute atomic E-state index is 13.0. The maximum Gasteiger partial charge on any atom is 0.291 e. The molecule has 2 aromatic heterocycles. The van der Waals surface area contributed by atoms with E-state index in [1.807, 2.05) is 84.9 Å². The Labute approximate surface area is 207 Å². The molecule has 5 aromatic rings. The Morgan fingerprint density at radius 3 is 2.49 bits per heavy atom. The van der Waals surface area contributed by atoms with Crippen LogP contribution >= 0.6 is 11.3 Å². The molecule has 35 heavy (non-hydrogen) atoms. The van der Waals surface area contributed by atoms with Gasteiger partial charge in [0.05, 0.1) is 11.1 Å². The highest BCUT2D eigenvalue weighted by atomic mass is 32.1. The number of aromatic nitrogens is 3. The van der Waals surface area contributed by atoms with Crippen LogP contribution in [0.25, 0.3) is 22.4 Å². The SMILES string of the molecule is CCCCCOc1ccc(-c2nc3sc(=Cc4cccc(Oc5ccccc5)c4)c(=O)n3n2)cc1. The van der Waals surface area contributed by atoms with Gasteiger partial charge in [-0.2, -0.15) is 9.50 Å². The van der Waals surface area contributed by atoms with E-state index in [1.165, 1.54) is 22.3 Å². The van der Waals surface area contributed by atoms with Gasteiger partial charge in [0, 0.05) is 5.56 Å². The summed E-state index contributed by atoms with van der Waals surface area (Å²) in [6.45, 7) is 2.89. The average molecular weight is 484 g/mol. The number of fused-ring (bicyclic) bond motifs is 1. The topological polar surface area (TPSA) is 65.7 Å². The van der Waals surface area contributed by atoms with Crippen molar-refractivity contribution in [2.45, 2.75) is 26.2 Å². The van der Waals surface area contributed by atoms with Crippen molar-refractivity contribution >= 4 is 22.4 Å². The predicted octanol–water partition coefficient (Wildman–Crippen LogP) is 5.73. The minimum atomic E-state index is -0.186. The van der Waals surface area contributed by atoms with Gasteiger partial charge in [-0.3, -0.25) is 4.79 Å². The third-order valence-electron chi connectivity index (χ3n) is 5.45. The molecule has 0 saturated heterocycles. The monoisotopic (exact) mass is 483 g/mol. The third-order valence-corrected chi connectivity index (χ3v) is 6.40. The number of thiazole rings is 1. The number of ether oxygens (including phenoxy) is 2. The predicted molar refractivity (Wildman–Crippen MR) is 139 cm³/mol. The van der Waals surface area contributed by atoms with Gasteiger partial charge in [0.15, 0.2) is 5.82 Å². The summed E-state index contributed by atoms with van der Waals surface area (Å²) in [6.07, 6.45) is 5.22. The van der Waals surface area contributed by atoms with Gasteiger partial charge in [-0.25, -0.2) is 0 Å². The van der Waals surface area contributed by atoms with E-state index in [1.54, 1.807) is 0 Å². The normalized spacial score (nSPS) is 11.7. The van der Waals surface area contributed by atoms with Crippen LogP contribution in [0.2, 0.25) is 0 Å². The van der Waals surface area contributed by atoms with Crippen molar-refractivity contribution in [3.05, 3.63) is 99.3 Å². The van der Waals surface area contributed by atoms with E-state index in [2.05, 4.69) is 17.0 Å². The Morgan fingerprint density at radius 1 is 0.914 bits per heavy atom. The first-order valence-electron chi connectivity index (χ1n) is 11.7. The van der Waals surface area contributed by atoms with Crippen LogP contribution in [-0.2, 0) is 0 Å². The number of nitrogens with zero attached hydrogens (tertiary/aromatic N) is 3. The van der Waals surface area contributed by atoms with Gasteiger partial charge in [-0.15, -0.1) is 5.10 Å². The Kier molecular flexibility index (Phi) is 6.86. The molecule has 176 valence electrons. The van der Waals surface area contributed by atoms with Crippen molar-refractivity contribution < 1.29 is 9.47 Å². The Balaban J connectivity index is 1.35. The van der Waals surface area contributed by atoms with Gasteiger partial charge in [-0.05, 0) is 66.6 Å². The van der Waals surface area contributed by atoms with Crippen molar-refractivity contribution in [3.63, 3.8) is 0 Å². The standard InChI is InChI=1S/C28H25N3O3S/c1-2-3-7-17-33-22-15-13-21(14-16-22)26-29-28-31(30-26)27(32)25(35-28)19-20-9-8-12-24(18-20)34-23-10-5-4-6-11-23/h4-6,8-16,18-19H,2-3,7,17H2,1H3. The summed E-state index contributed by atoms with van der Waals surface area (Å²) in [4.78, 5) is 18.1. The van der Waals surface area contributed by atoms with E-state index in [0.717, 1.165) is 35.5 Å². The minimum Gasteiger partial charge on any atom is -0.494 e. The number of unbranched alkanes of at least 4 members (excludes halogenated alkanes) is 2. The third kappa shape index (κ3) is 5.41. The fraction of sp³-hybridized carbons (Fsp3) is 0.179. The van der Waals surface area contributed by atoms with Crippen molar-refractivity contribution in [2.24, 2.45) is 0 Å². The fourth-order valence-electron chi connectivity index (χ4n) is 3.64. The van der Waals surface area contributed by atoms with Crippen molar-refractivity contribution in [2.75, 3.05) is 6.61 Å². The lowest BCUT2D eigenvalue weighted by Crippen LogP contribution is -2.23. The second-order valence-corrected chi connectivity index (χ2v) is 9.12. The molecule has 0 aliphatic rings. The second kappa shape index (κ2) is 10.5. The average Bonchev–Trinajstić information content (AvgIpc) is 3.42. The van der Waals surface area contributed by atoms with E-state index in [0.29, 0.717) is 27.7 Å². The molecule has 6 nitrogen and oxygen atoms in total. The molecule has 0 spiro atoms. The molecule has 0 amide bonds. The molecule has 0 unspecified atom stereocenters. The van der Waals surface area contributed by atoms with Gasteiger partial charge in [0.1, 0.15) is 17.2 Å². The molecule has 3 aromatic carbocycles. The molecule has 0 bridgehead atoms. The van der Waals surface area contributed by atoms with Crippen LogP contribution in [0.3, 0.4) is 0 Å². The van der Waals surface area contributed by atoms with Crippen LogP contribution < -0.4 is 19.6 Å². The molecule has 5 rings (SSSR count). The summed E-state index contributed by atoms with van der Waals surface area (Å²) >= 11 is 1.32. The molecule has 0 fully saturated rings. The van der Waals surface area contributed by atoms with Crippen LogP contribution in [0, 0.1) is 0 Å². The molecule has 2 heterocycles. The summed E-state index contributed by atoms with van der Waals surface area (Å²) < 4.78 is 13.6. The molecule has 0 saturated carbocycles. The first-order valence-corrected chi connectivity index (χ1v) is 12.5. The van der Waals surface area contributed by atoms with Gasteiger partial charge in [-0.1, -0.05) is 61.4 Å². The van der Waals surface area contributed by atoms with Crippen LogP contribution in [0.15, 0.2) is 83.7 Å². The molecular formula is C28H25N3O3S. The summed E-state index contributed by atoms with van der Waals surface area (Å²) in [6, 6.07) is 24.9. The van der Waals surface area contributed by atoms with Gasteiger partial charge in [0.25, 0.3) is 5.56 Å². The highest BCUT2D eigenvalue weighted by Gasteiger charge is 2.12. The lowest BCUT2D eigenvalue weighted by Gasteiger charge is -2.05. The smallest absolute Gasteiger partial charge is 0.291 e. The van der Waals surface area contributed by atoms with Gasteiger partial charge < -0.3 is 9.47 Å². The number of hydrogen-bond donors (Lipinski definition) is 0. The van der Waals surface area contributed by atoms with Gasteiger partial charge >= 0.3 is 0 Å². The molecule has 0 aliphatic carbocycles. The number of para-hydroxylation sites is 1. The zero-order valence-electron chi connectivity index (χ0n) is 19.4. The Bertz CT molecular complexity index is 1530. The van der Waals surface area contributed by atoms with Crippen molar-refractivity contribution in [1.82, 2.24) is 14.6 Å². The Hall–Kier alpha value is -3.97. The van der Waals surface area contributed by atoms with Crippen molar-refractivity contribution in [3.8, 4) is 28.6 Å². The maximum atomic E-state index is 13.0. The molecule has 0 N–H and O–H groups in total. The molecular weight excluding hydrogens is 458 g/mol. The van der Waals surface area contributed by atoms with E-state index < -0.39 is 0 Å². The highest BCUT2D eigenvalue weighted by Crippen LogP contribution is 2.23. The first kappa shape index (κ1) is 22.8. The largest absolute Gasteiger partial charge is 0.494 e. The molecule has 0 aliphatic heterocycles. The van der Waals surface area contributed by atoms with E-state index in [9.17, 15) is 4.79 Å². The van der Waals surface area contributed by atoms with Crippen LogP contribution in [0.4, 0.5) is 0 Å². The summed E-state index contributed by atoms with van der Waals surface area (Å²) in [5.74, 6) is 2.81. The lowest BCUT2D eigenvalue weighted by atomic mass is 10.2. The number of benzene rings is 3. The van der Waals surface area contributed by atoms with Crippen LogP contribution in [-0.4, -0.2) is 21.2 Å². The fourth-order valence-corrected chi connectivity index (χ4v) is 4.55. The quantitative estimate of drug-likeness (QED) is 0.251. The van der Waals surface area contributed by atoms with E-state index in [-0.39, 0.29) is 5.56 Å².